The maximum absolute atomic E-state index is 5.63. The van der Waals surface area contributed by atoms with Gasteiger partial charge in [-0.1, -0.05) is 6.92 Å². The quantitative estimate of drug-likeness (QED) is 0.778. The molecule has 0 aliphatic carbocycles. The fourth-order valence-corrected chi connectivity index (χ4v) is 1.83. The van der Waals surface area contributed by atoms with Crippen molar-refractivity contribution in [3.05, 3.63) is 18.0 Å². The van der Waals surface area contributed by atoms with Crippen LogP contribution in [0, 0.1) is 0 Å². The maximum Gasteiger partial charge on any atom is 0.195 e. The molecular formula is C12H13NO3. The van der Waals surface area contributed by atoms with Gasteiger partial charge in [-0.05, 0) is 6.42 Å². The van der Waals surface area contributed by atoms with E-state index in [1.807, 2.05) is 12.1 Å². The van der Waals surface area contributed by atoms with Gasteiger partial charge in [0.2, 0.25) is 0 Å². The molecule has 2 heterocycles. The molecule has 2 aromatic rings. The van der Waals surface area contributed by atoms with Crippen LogP contribution in [0.5, 0.6) is 11.5 Å². The molecule has 4 heteroatoms. The topological polar surface area (TPSA) is 44.5 Å². The lowest BCUT2D eigenvalue weighted by Crippen LogP contribution is -2.15. The number of aromatic nitrogens is 1. The fourth-order valence-electron chi connectivity index (χ4n) is 1.83. The van der Waals surface area contributed by atoms with Crippen LogP contribution in [0.15, 0.2) is 16.5 Å². The van der Waals surface area contributed by atoms with Crippen LogP contribution in [-0.4, -0.2) is 18.2 Å². The number of ether oxygens (including phenoxy) is 2. The van der Waals surface area contributed by atoms with Gasteiger partial charge in [-0.15, -0.1) is 0 Å². The van der Waals surface area contributed by atoms with Gasteiger partial charge in [-0.25, -0.2) is 4.98 Å². The number of aryl methyl sites for hydroxylation is 1. The number of benzene rings is 1. The molecule has 0 atom stereocenters. The van der Waals surface area contributed by atoms with E-state index in [2.05, 4.69) is 11.9 Å². The summed E-state index contributed by atoms with van der Waals surface area (Å²) in [6.45, 7) is 3.29. The molecule has 1 aliphatic rings. The van der Waals surface area contributed by atoms with Gasteiger partial charge in [0.05, 0.1) is 0 Å². The van der Waals surface area contributed by atoms with Crippen LogP contribution in [0.1, 0.15) is 19.2 Å². The molecular weight excluding hydrogens is 206 g/mol. The van der Waals surface area contributed by atoms with Crippen molar-refractivity contribution in [2.75, 3.05) is 13.2 Å². The van der Waals surface area contributed by atoms with E-state index in [1.54, 1.807) is 0 Å². The van der Waals surface area contributed by atoms with Crippen molar-refractivity contribution in [2.24, 2.45) is 0 Å². The Hall–Kier alpha value is -1.71. The van der Waals surface area contributed by atoms with Gasteiger partial charge in [-0.3, -0.25) is 0 Å². The van der Waals surface area contributed by atoms with Crippen LogP contribution >= 0.6 is 0 Å². The highest BCUT2D eigenvalue weighted by Gasteiger charge is 2.15. The first-order valence-corrected chi connectivity index (χ1v) is 5.56. The molecule has 1 aromatic heterocycles. The Bertz CT molecular complexity index is 475. The molecule has 3 rings (SSSR count). The van der Waals surface area contributed by atoms with Gasteiger partial charge in [0.15, 0.2) is 23.0 Å². The van der Waals surface area contributed by atoms with Gasteiger partial charge >= 0.3 is 0 Å². The van der Waals surface area contributed by atoms with E-state index in [0.717, 1.165) is 41.3 Å². The smallest absolute Gasteiger partial charge is 0.195 e. The van der Waals surface area contributed by atoms with Crippen molar-refractivity contribution in [2.45, 2.75) is 19.8 Å². The molecule has 0 radical (unpaired) electrons. The molecule has 0 N–H and O–H groups in total. The van der Waals surface area contributed by atoms with E-state index in [1.165, 1.54) is 0 Å². The summed E-state index contributed by atoms with van der Waals surface area (Å²) in [7, 11) is 0. The first-order chi connectivity index (χ1) is 7.86. The summed E-state index contributed by atoms with van der Waals surface area (Å²) in [5.41, 5.74) is 1.61. The normalized spacial score (nSPS) is 14.3. The number of nitrogens with zero attached hydrogens (tertiary/aromatic N) is 1. The predicted octanol–water partition coefficient (Wildman–Crippen LogP) is 2.55. The Balaban J connectivity index is 2.09. The molecule has 84 valence electrons. The highest BCUT2D eigenvalue weighted by atomic mass is 16.6. The molecule has 0 amide bonds. The van der Waals surface area contributed by atoms with Crippen LogP contribution in [-0.2, 0) is 6.42 Å². The van der Waals surface area contributed by atoms with E-state index in [-0.39, 0.29) is 0 Å². The van der Waals surface area contributed by atoms with Crippen LogP contribution in [0.4, 0.5) is 0 Å². The molecule has 0 unspecified atom stereocenters. The number of fused-ring (bicyclic) bond motifs is 2. The second kappa shape index (κ2) is 3.70. The SMILES string of the molecule is CCCc1nc2cc3c(cc2o1)OCCO3. The maximum atomic E-state index is 5.63. The zero-order valence-electron chi connectivity index (χ0n) is 9.16. The third kappa shape index (κ3) is 1.50. The second-order valence-corrected chi connectivity index (χ2v) is 3.82. The van der Waals surface area contributed by atoms with Crippen molar-refractivity contribution in [1.29, 1.82) is 0 Å². The summed E-state index contributed by atoms with van der Waals surface area (Å²) >= 11 is 0. The van der Waals surface area contributed by atoms with Gasteiger partial charge in [0, 0.05) is 18.6 Å². The lowest BCUT2D eigenvalue weighted by atomic mass is 10.2. The standard InChI is InChI=1S/C12H13NO3/c1-2-3-12-13-8-6-10-11(7-9(8)16-12)15-5-4-14-10/h6-7H,2-5H2,1H3. The van der Waals surface area contributed by atoms with Gasteiger partial charge < -0.3 is 13.9 Å². The van der Waals surface area contributed by atoms with E-state index in [0.29, 0.717) is 13.2 Å². The third-order valence-corrected chi connectivity index (χ3v) is 2.56. The number of rotatable bonds is 2. The van der Waals surface area contributed by atoms with Crippen molar-refractivity contribution < 1.29 is 13.9 Å². The van der Waals surface area contributed by atoms with E-state index >= 15 is 0 Å². The Kier molecular flexibility index (Phi) is 2.20. The summed E-state index contributed by atoms with van der Waals surface area (Å²) in [5.74, 6) is 2.29. The lowest BCUT2D eigenvalue weighted by molar-refractivity contribution is 0.172. The number of hydrogen-bond donors (Lipinski definition) is 0. The first kappa shape index (κ1) is 9.51. The Morgan fingerprint density at radius 3 is 2.69 bits per heavy atom. The van der Waals surface area contributed by atoms with Crippen molar-refractivity contribution in [1.82, 2.24) is 4.98 Å². The number of oxazole rings is 1. The highest BCUT2D eigenvalue weighted by molar-refractivity contribution is 5.77. The van der Waals surface area contributed by atoms with Gasteiger partial charge in [0.1, 0.15) is 18.7 Å². The Morgan fingerprint density at radius 2 is 1.94 bits per heavy atom. The fraction of sp³-hybridized carbons (Fsp3) is 0.417. The van der Waals surface area contributed by atoms with Gasteiger partial charge in [-0.2, -0.15) is 0 Å². The minimum absolute atomic E-state index is 0.592. The average molecular weight is 219 g/mol. The van der Waals surface area contributed by atoms with Gasteiger partial charge in [0.25, 0.3) is 0 Å². The van der Waals surface area contributed by atoms with E-state index in [9.17, 15) is 0 Å². The van der Waals surface area contributed by atoms with E-state index in [4.69, 9.17) is 13.9 Å². The molecule has 0 bridgehead atoms. The molecule has 16 heavy (non-hydrogen) atoms. The zero-order chi connectivity index (χ0) is 11.0. The summed E-state index contributed by atoms with van der Waals surface area (Å²) in [6.07, 6.45) is 1.89. The van der Waals surface area contributed by atoms with Crippen molar-refractivity contribution in [3.8, 4) is 11.5 Å². The third-order valence-electron chi connectivity index (χ3n) is 2.56. The summed E-state index contributed by atoms with van der Waals surface area (Å²) in [5, 5.41) is 0. The van der Waals surface area contributed by atoms with Crippen LogP contribution < -0.4 is 9.47 Å². The average Bonchev–Trinajstić information content (AvgIpc) is 2.67. The minimum atomic E-state index is 0.592. The summed E-state index contributed by atoms with van der Waals surface area (Å²) in [4.78, 5) is 4.41. The second-order valence-electron chi connectivity index (χ2n) is 3.82. The minimum Gasteiger partial charge on any atom is -0.486 e. The lowest BCUT2D eigenvalue weighted by Gasteiger charge is -2.17. The molecule has 1 aliphatic heterocycles. The highest BCUT2D eigenvalue weighted by Crippen LogP contribution is 2.34. The summed E-state index contributed by atoms with van der Waals surface area (Å²) in [6, 6.07) is 3.74. The first-order valence-electron chi connectivity index (χ1n) is 5.56. The van der Waals surface area contributed by atoms with Crippen molar-refractivity contribution >= 4 is 11.1 Å². The van der Waals surface area contributed by atoms with Crippen LogP contribution in [0.25, 0.3) is 11.1 Å². The molecule has 0 fully saturated rings. The monoisotopic (exact) mass is 219 g/mol. The largest absolute Gasteiger partial charge is 0.486 e. The summed E-state index contributed by atoms with van der Waals surface area (Å²) < 4.78 is 16.6. The Morgan fingerprint density at radius 1 is 1.19 bits per heavy atom. The number of hydrogen-bond acceptors (Lipinski definition) is 4. The van der Waals surface area contributed by atoms with Crippen molar-refractivity contribution in [3.63, 3.8) is 0 Å². The zero-order valence-corrected chi connectivity index (χ0v) is 9.16. The molecule has 0 spiro atoms. The molecule has 0 saturated heterocycles. The molecule has 1 aromatic carbocycles. The van der Waals surface area contributed by atoms with Crippen LogP contribution in [0.2, 0.25) is 0 Å². The molecule has 4 nitrogen and oxygen atoms in total. The molecule has 0 saturated carbocycles. The van der Waals surface area contributed by atoms with Crippen LogP contribution in [0.3, 0.4) is 0 Å². The Labute approximate surface area is 93.2 Å². The predicted molar refractivity (Wildman–Crippen MR) is 59.0 cm³/mol. The van der Waals surface area contributed by atoms with E-state index < -0.39 is 0 Å².